The van der Waals surface area contributed by atoms with Gasteiger partial charge >= 0.3 is 5.97 Å². The minimum absolute atomic E-state index is 0.00115. The summed E-state index contributed by atoms with van der Waals surface area (Å²) in [5.74, 6) is -2.53. The Labute approximate surface area is 156 Å². The van der Waals surface area contributed by atoms with E-state index in [0.29, 0.717) is 5.56 Å². The van der Waals surface area contributed by atoms with Gasteiger partial charge in [0, 0.05) is 5.69 Å². The molecule has 0 spiro atoms. The summed E-state index contributed by atoms with van der Waals surface area (Å²) in [5.41, 5.74) is 1.86. The van der Waals surface area contributed by atoms with E-state index in [1.807, 2.05) is 0 Å². The third-order valence-electron chi connectivity index (χ3n) is 4.92. The van der Waals surface area contributed by atoms with Crippen molar-refractivity contribution in [3.8, 4) is 0 Å². The molecule has 0 saturated carbocycles. The smallest absolute Gasteiger partial charge is 0.343 e. The predicted molar refractivity (Wildman–Crippen MR) is 98.0 cm³/mol. The highest BCUT2D eigenvalue weighted by molar-refractivity contribution is 5.89. The minimum atomic E-state index is -0.954. The van der Waals surface area contributed by atoms with E-state index in [4.69, 9.17) is 4.74 Å². The second-order valence-electron chi connectivity index (χ2n) is 6.80. The first-order valence-electron chi connectivity index (χ1n) is 9.38. The van der Waals surface area contributed by atoms with Crippen molar-refractivity contribution in [2.75, 3.05) is 6.61 Å². The summed E-state index contributed by atoms with van der Waals surface area (Å²) in [6, 6.07) is 5.25. The normalized spacial score (nSPS) is 14.2. The van der Waals surface area contributed by atoms with Crippen molar-refractivity contribution < 1.29 is 18.3 Å². The Kier molecular flexibility index (Phi) is 6.04. The summed E-state index contributed by atoms with van der Waals surface area (Å²) in [6.45, 7) is 1.95. The van der Waals surface area contributed by atoms with Crippen LogP contribution in [0.4, 0.5) is 8.78 Å². The van der Waals surface area contributed by atoms with Gasteiger partial charge in [0.05, 0.1) is 13.2 Å². The summed E-state index contributed by atoms with van der Waals surface area (Å²) in [7, 11) is 0. The number of carbonyl (C=O) groups is 1. The van der Waals surface area contributed by atoms with E-state index in [2.05, 4.69) is 0 Å². The molecule has 0 bridgehead atoms. The van der Waals surface area contributed by atoms with Crippen molar-refractivity contribution in [1.82, 2.24) is 4.57 Å². The number of carbonyl (C=O) groups excluding carboxylic acids is 1. The molecule has 0 radical (unpaired) electrons. The lowest BCUT2D eigenvalue weighted by atomic mass is 9.95. The van der Waals surface area contributed by atoms with Crippen molar-refractivity contribution in [3.63, 3.8) is 0 Å². The van der Waals surface area contributed by atoms with E-state index in [-0.39, 0.29) is 18.7 Å². The van der Waals surface area contributed by atoms with Crippen LogP contribution in [0, 0.1) is 11.6 Å². The van der Waals surface area contributed by atoms with Gasteiger partial charge in [-0.1, -0.05) is 18.9 Å². The Morgan fingerprint density at radius 3 is 2.52 bits per heavy atom. The van der Waals surface area contributed by atoms with Gasteiger partial charge in [0.1, 0.15) is 5.56 Å². The van der Waals surface area contributed by atoms with Crippen molar-refractivity contribution in [1.29, 1.82) is 0 Å². The lowest BCUT2D eigenvalue weighted by molar-refractivity contribution is 0.0523. The van der Waals surface area contributed by atoms with Gasteiger partial charge in [-0.15, -0.1) is 0 Å². The van der Waals surface area contributed by atoms with E-state index in [1.54, 1.807) is 13.0 Å². The highest BCUT2D eigenvalue weighted by atomic mass is 19.2. The van der Waals surface area contributed by atoms with Gasteiger partial charge in [0.2, 0.25) is 0 Å². The minimum Gasteiger partial charge on any atom is -0.462 e. The predicted octanol–water partition coefficient (Wildman–Crippen LogP) is 4.01. The molecular weight excluding hydrogens is 352 g/mol. The van der Waals surface area contributed by atoms with Gasteiger partial charge in [-0.25, -0.2) is 13.6 Å². The number of benzene rings is 1. The van der Waals surface area contributed by atoms with Crippen LogP contribution in [0.5, 0.6) is 0 Å². The lowest BCUT2D eigenvalue weighted by Gasteiger charge is -2.21. The molecule has 1 aromatic heterocycles. The highest BCUT2D eigenvalue weighted by Gasteiger charge is 2.21. The number of rotatable bonds is 4. The molecule has 0 unspecified atom stereocenters. The topological polar surface area (TPSA) is 48.3 Å². The number of ether oxygens (including phenoxy) is 1. The van der Waals surface area contributed by atoms with Crippen molar-refractivity contribution in [2.45, 2.75) is 52.0 Å². The van der Waals surface area contributed by atoms with Crippen molar-refractivity contribution in [3.05, 3.63) is 68.6 Å². The molecular formula is C21H23F2NO3. The van der Waals surface area contributed by atoms with Crippen molar-refractivity contribution >= 4 is 5.97 Å². The lowest BCUT2D eigenvalue weighted by Crippen LogP contribution is -2.32. The van der Waals surface area contributed by atoms with E-state index >= 15 is 0 Å². The van der Waals surface area contributed by atoms with Crippen LogP contribution < -0.4 is 5.56 Å². The summed E-state index contributed by atoms with van der Waals surface area (Å²) >= 11 is 0. The summed E-state index contributed by atoms with van der Waals surface area (Å²) < 4.78 is 33.4. The molecule has 1 aliphatic carbocycles. The second-order valence-corrected chi connectivity index (χ2v) is 6.80. The molecule has 27 heavy (non-hydrogen) atoms. The SMILES string of the molecule is CCOC(=O)c1cc2c(n(Cc3ccc(F)c(F)c3)c1=O)CCCCCC2. The number of hydrogen-bond acceptors (Lipinski definition) is 3. The standard InChI is InChI=1S/C21H23F2NO3/c1-2-27-21(26)16-12-15-7-5-3-4-6-8-19(15)24(20(16)25)13-14-9-10-17(22)18(23)11-14/h9-12H,2-8,13H2,1H3. The van der Waals surface area contributed by atoms with E-state index in [9.17, 15) is 18.4 Å². The Hall–Kier alpha value is -2.50. The monoisotopic (exact) mass is 375 g/mol. The van der Waals surface area contributed by atoms with Crippen LogP contribution in [0.3, 0.4) is 0 Å². The van der Waals surface area contributed by atoms with Gasteiger partial charge in [-0.05, 0) is 61.9 Å². The number of pyridine rings is 1. The van der Waals surface area contributed by atoms with Gasteiger partial charge in [0.15, 0.2) is 11.6 Å². The van der Waals surface area contributed by atoms with E-state index in [1.165, 1.54) is 10.6 Å². The maximum Gasteiger partial charge on any atom is 0.343 e. The molecule has 0 amide bonds. The second kappa shape index (κ2) is 8.46. The third kappa shape index (κ3) is 4.26. The average molecular weight is 375 g/mol. The Morgan fingerprint density at radius 1 is 1.07 bits per heavy atom. The molecule has 0 atom stereocenters. The van der Waals surface area contributed by atoms with E-state index in [0.717, 1.165) is 61.9 Å². The van der Waals surface area contributed by atoms with Crippen molar-refractivity contribution in [2.24, 2.45) is 0 Å². The largest absolute Gasteiger partial charge is 0.462 e. The fourth-order valence-corrected chi connectivity index (χ4v) is 3.58. The number of aromatic nitrogens is 1. The van der Waals surface area contributed by atoms with Crippen LogP contribution in [0.25, 0.3) is 0 Å². The molecule has 0 aliphatic heterocycles. The molecule has 1 aromatic carbocycles. The molecule has 0 N–H and O–H groups in total. The Morgan fingerprint density at radius 2 is 1.81 bits per heavy atom. The zero-order valence-electron chi connectivity index (χ0n) is 15.4. The van der Waals surface area contributed by atoms with Gasteiger partial charge in [-0.3, -0.25) is 4.79 Å². The summed E-state index contributed by atoms with van der Waals surface area (Å²) in [5, 5.41) is 0. The van der Waals surface area contributed by atoms with E-state index < -0.39 is 23.2 Å². The number of hydrogen-bond donors (Lipinski definition) is 0. The fourth-order valence-electron chi connectivity index (χ4n) is 3.58. The quantitative estimate of drug-likeness (QED) is 0.759. The molecule has 0 saturated heterocycles. The molecule has 3 rings (SSSR count). The number of halogens is 2. The number of nitrogens with zero attached hydrogens (tertiary/aromatic N) is 1. The molecule has 6 heteroatoms. The summed E-state index contributed by atoms with van der Waals surface area (Å²) in [4.78, 5) is 25.3. The average Bonchev–Trinajstić information content (AvgIpc) is 2.61. The molecule has 0 fully saturated rings. The first kappa shape index (κ1) is 19.3. The van der Waals surface area contributed by atoms with Crippen LogP contribution in [-0.4, -0.2) is 17.1 Å². The first-order valence-corrected chi connectivity index (χ1v) is 9.38. The number of fused-ring (bicyclic) bond motifs is 1. The number of esters is 1. The molecule has 1 heterocycles. The zero-order chi connectivity index (χ0) is 19.4. The highest BCUT2D eigenvalue weighted by Crippen LogP contribution is 2.21. The number of aryl methyl sites for hydroxylation is 1. The fraction of sp³-hybridized carbons (Fsp3) is 0.429. The molecule has 144 valence electrons. The van der Waals surface area contributed by atoms with Crippen LogP contribution in [0.2, 0.25) is 0 Å². The summed E-state index contributed by atoms with van der Waals surface area (Å²) in [6.07, 6.45) is 5.62. The van der Waals surface area contributed by atoms with Gasteiger partial charge < -0.3 is 9.30 Å². The molecule has 2 aromatic rings. The van der Waals surface area contributed by atoms with Gasteiger partial charge in [-0.2, -0.15) is 0 Å². The van der Waals surface area contributed by atoms with Crippen LogP contribution in [-0.2, 0) is 24.1 Å². The molecule has 1 aliphatic rings. The van der Waals surface area contributed by atoms with Gasteiger partial charge in [0.25, 0.3) is 5.56 Å². The maximum absolute atomic E-state index is 13.6. The molecule has 4 nitrogen and oxygen atoms in total. The first-order chi connectivity index (χ1) is 13.0. The Balaban J connectivity index is 2.11. The van der Waals surface area contributed by atoms with Crippen LogP contribution in [0.1, 0.15) is 59.8 Å². The third-order valence-corrected chi connectivity index (χ3v) is 4.92. The Bertz CT molecular complexity index is 905. The maximum atomic E-state index is 13.6. The van der Waals surface area contributed by atoms with Crippen LogP contribution >= 0.6 is 0 Å². The van der Waals surface area contributed by atoms with Crippen LogP contribution in [0.15, 0.2) is 29.1 Å². The zero-order valence-corrected chi connectivity index (χ0v) is 15.4.